The number of rotatable bonds is 4. The van der Waals surface area contributed by atoms with Crippen molar-refractivity contribution in [1.82, 2.24) is 5.32 Å². The van der Waals surface area contributed by atoms with Gasteiger partial charge in [0.25, 0.3) is 0 Å². The standard InChI is InChI=1S/C17H33N/c1-4-16(15-8-6-5-7-9-15)18-17-12-13(2)10-11-14(17)3/h13-18H,4-12H2,1-3H3. The number of hydrogen-bond donors (Lipinski definition) is 1. The lowest BCUT2D eigenvalue weighted by Crippen LogP contribution is -2.48. The van der Waals surface area contributed by atoms with Gasteiger partial charge in [-0.25, -0.2) is 0 Å². The molecule has 2 rings (SSSR count). The molecule has 2 saturated carbocycles. The molecule has 2 fully saturated rings. The van der Waals surface area contributed by atoms with Crippen molar-refractivity contribution in [3.8, 4) is 0 Å². The molecule has 0 amide bonds. The van der Waals surface area contributed by atoms with Gasteiger partial charge in [0.2, 0.25) is 0 Å². The van der Waals surface area contributed by atoms with E-state index < -0.39 is 0 Å². The topological polar surface area (TPSA) is 12.0 Å². The molecule has 0 saturated heterocycles. The first kappa shape index (κ1) is 14.4. The van der Waals surface area contributed by atoms with Crippen molar-refractivity contribution in [3.05, 3.63) is 0 Å². The summed E-state index contributed by atoms with van der Waals surface area (Å²) in [4.78, 5) is 0. The van der Waals surface area contributed by atoms with E-state index in [1.807, 2.05) is 0 Å². The highest BCUT2D eigenvalue weighted by Gasteiger charge is 2.30. The molecule has 18 heavy (non-hydrogen) atoms. The van der Waals surface area contributed by atoms with Crippen LogP contribution in [0, 0.1) is 17.8 Å². The van der Waals surface area contributed by atoms with Gasteiger partial charge in [-0.2, -0.15) is 0 Å². The van der Waals surface area contributed by atoms with Crippen LogP contribution in [0.4, 0.5) is 0 Å². The monoisotopic (exact) mass is 251 g/mol. The van der Waals surface area contributed by atoms with Crippen LogP contribution in [-0.4, -0.2) is 12.1 Å². The SMILES string of the molecule is CCC(NC1CC(C)CCC1C)C1CCCCC1. The maximum atomic E-state index is 4.06. The molecule has 4 atom stereocenters. The average Bonchev–Trinajstić information content (AvgIpc) is 2.41. The zero-order chi connectivity index (χ0) is 13.0. The van der Waals surface area contributed by atoms with Crippen molar-refractivity contribution in [2.75, 3.05) is 0 Å². The van der Waals surface area contributed by atoms with Gasteiger partial charge in [-0.3, -0.25) is 0 Å². The van der Waals surface area contributed by atoms with Crippen molar-refractivity contribution in [2.45, 2.75) is 90.6 Å². The highest BCUT2D eigenvalue weighted by atomic mass is 15.0. The second kappa shape index (κ2) is 6.93. The van der Waals surface area contributed by atoms with E-state index in [1.54, 1.807) is 0 Å². The summed E-state index contributed by atoms with van der Waals surface area (Å²) in [5.74, 6) is 2.79. The van der Waals surface area contributed by atoms with Crippen molar-refractivity contribution >= 4 is 0 Å². The number of nitrogens with one attached hydrogen (secondary N) is 1. The minimum absolute atomic E-state index is 0.792. The van der Waals surface area contributed by atoms with Crippen molar-refractivity contribution < 1.29 is 0 Å². The van der Waals surface area contributed by atoms with Crippen LogP contribution >= 0.6 is 0 Å². The molecular formula is C17H33N. The quantitative estimate of drug-likeness (QED) is 0.759. The second-order valence-electron chi connectivity index (χ2n) is 7.08. The van der Waals surface area contributed by atoms with E-state index >= 15 is 0 Å². The van der Waals surface area contributed by atoms with Crippen molar-refractivity contribution in [1.29, 1.82) is 0 Å². The summed E-state index contributed by atoms with van der Waals surface area (Å²) in [6.07, 6.45) is 13.0. The van der Waals surface area contributed by atoms with Crippen LogP contribution in [0.5, 0.6) is 0 Å². The predicted octanol–water partition coefficient (Wildman–Crippen LogP) is 4.76. The van der Waals surface area contributed by atoms with Gasteiger partial charge >= 0.3 is 0 Å². The van der Waals surface area contributed by atoms with Crippen molar-refractivity contribution in [3.63, 3.8) is 0 Å². The van der Waals surface area contributed by atoms with Gasteiger partial charge in [-0.05, 0) is 49.9 Å². The summed E-state index contributed by atoms with van der Waals surface area (Å²) >= 11 is 0. The molecule has 0 aromatic heterocycles. The van der Waals surface area contributed by atoms with Gasteiger partial charge < -0.3 is 5.32 Å². The Labute approximate surface area is 114 Å². The maximum absolute atomic E-state index is 4.06. The summed E-state index contributed by atoms with van der Waals surface area (Å²) in [6.45, 7) is 7.27. The van der Waals surface area contributed by atoms with E-state index in [2.05, 4.69) is 26.1 Å². The lowest BCUT2D eigenvalue weighted by molar-refractivity contribution is 0.174. The summed E-state index contributed by atoms with van der Waals surface area (Å²) in [6, 6.07) is 1.59. The predicted molar refractivity (Wildman–Crippen MR) is 79.8 cm³/mol. The summed E-state index contributed by atoms with van der Waals surface area (Å²) < 4.78 is 0. The van der Waals surface area contributed by atoms with Gasteiger partial charge in [-0.1, -0.05) is 46.5 Å². The first-order chi connectivity index (χ1) is 8.70. The third-order valence-electron chi connectivity index (χ3n) is 5.54. The second-order valence-corrected chi connectivity index (χ2v) is 7.08. The van der Waals surface area contributed by atoms with Gasteiger partial charge in [-0.15, -0.1) is 0 Å². The van der Waals surface area contributed by atoms with E-state index in [9.17, 15) is 0 Å². The Hall–Kier alpha value is -0.0400. The van der Waals surface area contributed by atoms with Crippen LogP contribution in [0.15, 0.2) is 0 Å². The molecule has 0 aromatic carbocycles. The Balaban J connectivity index is 1.87. The lowest BCUT2D eigenvalue weighted by Gasteiger charge is -2.39. The summed E-state index contributed by atoms with van der Waals surface area (Å²) in [5.41, 5.74) is 0. The molecule has 2 aliphatic carbocycles. The van der Waals surface area contributed by atoms with Crippen LogP contribution in [0.25, 0.3) is 0 Å². The zero-order valence-corrected chi connectivity index (χ0v) is 12.8. The fraction of sp³-hybridized carbons (Fsp3) is 1.00. The molecule has 1 N–H and O–H groups in total. The van der Waals surface area contributed by atoms with E-state index in [4.69, 9.17) is 0 Å². The molecule has 4 unspecified atom stereocenters. The molecule has 106 valence electrons. The van der Waals surface area contributed by atoms with Crippen LogP contribution in [-0.2, 0) is 0 Å². The molecule has 2 aliphatic rings. The maximum Gasteiger partial charge on any atom is 0.00979 e. The molecule has 0 aromatic rings. The largest absolute Gasteiger partial charge is 0.311 e. The number of hydrogen-bond acceptors (Lipinski definition) is 1. The average molecular weight is 251 g/mol. The molecule has 0 spiro atoms. The van der Waals surface area contributed by atoms with Gasteiger partial charge in [0.05, 0.1) is 0 Å². The van der Waals surface area contributed by atoms with Crippen molar-refractivity contribution in [2.24, 2.45) is 17.8 Å². The third-order valence-corrected chi connectivity index (χ3v) is 5.54. The van der Waals surface area contributed by atoms with E-state index in [1.165, 1.54) is 57.8 Å². The van der Waals surface area contributed by atoms with Crippen LogP contribution in [0.2, 0.25) is 0 Å². The highest BCUT2D eigenvalue weighted by Crippen LogP contribution is 2.32. The van der Waals surface area contributed by atoms with E-state index in [-0.39, 0.29) is 0 Å². The van der Waals surface area contributed by atoms with Gasteiger partial charge in [0, 0.05) is 12.1 Å². The molecular weight excluding hydrogens is 218 g/mol. The smallest absolute Gasteiger partial charge is 0.00979 e. The minimum Gasteiger partial charge on any atom is -0.311 e. The highest BCUT2D eigenvalue weighted by molar-refractivity contribution is 4.87. The summed E-state index contributed by atoms with van der Waals surface area (Å²) in [7, 11) is 0. The zero-order valence-electron chi connectivity index (χ0n) is 12.8. The Morgan fingerprint density at radius 3 is 2.39 bits per heavy atom. The third kappa shape index (κ3) is 3.73. The first-order valence-electron chi connectivity index (χ1n) is 8.46. The molecule has 1 nitrogen and oxygen atoms in total. The lowest BCUT2D eigenvalue weighted by atomic mass is 9.77. The van der Waals surface area contributed by atoms with E-state index in [0.29, 0.717) is 0 Å². The van der Waals surface area contributed by atoms with Crippen LogP contribution in [0.1, 0.15) is 78.6 Å². The van der Waals surface area contributed by atoms with Crippen LogP contribution < -0.4 is 5.32 Å². The molecule has 0 bridgehead atoms. The Bertz CT molecular complexity index is 232. The molecule has 0 aliphatic heterocycles. The van der Waals surface area contributed by atoms with Gasteiger partial charge in [0.1, 0.15) is 0 Å². The van der Waals surface area contributed by atoms with Crippen LogP contribution in [0.3, 0.4) is 0 Å². The minimum atomic E-state index is 0.792. The fourth-order valence-corrected chi connectivity index (χ4v) is 4.16. The fourth-order valence-electron chi connectivity index (χ4n) is 4.16. The Morgan fingerprint density at radius 2 is 1.72 bits per heavy atom. The Morgan fingerprint density at radius 1 is 1.00 bits per heavy atom. The van der Waals surface area contributed by atoms with E-state index in [0.717, 1.165) is 29.8 Å². The van der Waals surface area contributed by atoms with Gasteiger partial charge in [0.15, 0.2) is 0 Å². The first-order valence-corrected chi connectivity index (χ1v) is 8.46. The molecule has 0 heterocycles. The Kier molecular flexibility index (Phi) is 5.54. The molecule has 0 radical (unpaired) electrons. The normalized spacial score (nSPS) is 36.5. The molecule has 1 heteroatoms. The summed E-state index contributed by atoms with van der Waals surface area (Å²) in [5, 5.41) is 4.06.